The van der Waals surface area contributed by atoms with Crippen molar-refractivity contribution < 1.29 is 9.53 Å². The first kappa shape index (κ1) is 7.34. The Hall–Kier alpha value is -0.770. The van der Waals surface area contributed by atoms with Gasteiger partial charge in [-0.3, -0.25) is 0 Å². The van der Waals surface area contributed by atoms with Crippen LogP contribution in [0.3, 0.4) is 0 Å². The molecule has 1 saturated heterocycles. The third-order valence-corrected chi connectivity index (χ3v) is 1.37. The number of carbonyl (C=O) groups excluding carboxylic acids is 1. The van der Waals surface area contributed by atoms with Crippen molar-refractivity contribution >= 4 is 6.03 Å². The molecule has 1 unspecified atom stereocenters. The van der Waals surface area contributed by atoms with Gasteiger partial charge in [0.2, 0.25) is 0 Å². The second kappa shape index (κ2) is 3.41. The monoisotopic (exact) mass is 144 g/mol. The second-order valence-electron chi connectivity index (χ2n) is 2.21. The number of nitrogens with one attached hydrogen (secondary N) is 2. The van der Waals surface area contributed by atoms with Crippen molar-refractivity contribution in [2.75, 3.05) is 19.8 Å². The first-order chi connectivity index (χ1) is 4.83. The van der Waals surface area contributed by atoms with E-state index in [4.69, 9.17) is 4.74 Å². The van der Waals surface area contributed by atoms with Crippen LogP contribution in [-0.4, -0.2) is 31.8 Å². The molecule has 0 spiro atoms. The van der Waals surface area contributed by atoms with Crippen LogP contribution in [0.1, 0.15) is 6.92 Å². The lowest BCUT2D eigenvalue weighted by atomic mass is 10.3. The maximum absolute atomic E-state index is 10.5. The van der Waals surface area contributed by atoms with Crippen molar-refractivity contribution in [2.24, 2.45) is 0 Å². The van der Waals surface area contributed by atoms with E-state index in [1.807, 2.05) is 6.92 Å². The molecule has 0 aliphatic carbocycles. The number of amides is 2. The van der Waals surface area contributed by atoms with E-state index in [1.54, 1.807) is 0 Å². The molecule has 0 bridgehead atoms. The van der Waals surface area contributed by atoms with Crippen LogP contribution in [0.2, 0.25) is 0 Å². The maximum atomic E-state index is 10.5. The Morgan fingerprint density at radius 1 is 1.80 bits per heavy atom. The molecule has 1 fully saturated rings. The van der Waals surface area contributed by atoms with Gasteiger partial charge in [0.1, 0.15) is 0 Å². The van der Waals surface area contributed by atoms with Crippen molar-refractivity contribution in [3.63, 3.8) is 0 Å². The van der Waals surface area contributed by atoms with Crippen molar-refractivity contribution in [1.29, 1.82) is 0 Å². The maximum Gasteiger partial charge on any atom is 0.315 e. The minimum atomic E-state index is -0.0929. The summed E-state index contributed by atoms with van der Waals surface area (Å²) in [5.74, 6) is 0. The molecule has 10 heavy (non-hydrogen) atoms. The van der Waals surface area contributed by atoms with E-state index in [2.05, 4.69) is 10.6 Å². The normalized spacial score (nSPS) is 24.1. The molecule has 58 valence electrons. The van der Waals surface area contributed by atoms with Gasteiger partial charge in [-0.1, -0.05) is 0 Å². The van der Waals surface area contributed by atoms with Crippen molar-refractivity contribution in [2.45, 2.75) is 13.0 Å². The molecule has 1 atom stereocenters. The summed E-state index contributed by atoms with van der Waals surface area (Å²) in [6.45, 7) is 3.92. The highest BCUT2D eigenvalue weighted by atomic mass is 16.5. The lowest BCUT2D eigenvalue weighted by molar-refractivity contribution is 0.131. The van der Waals surface area contributed by atoms with Crippen LogP contribution in [0.15, 0.2) is 0 Å². The molecule has 2 N–H and O–H groups in total. The number of hydrogen-bond donors (Lipinski definition) is 2. The van der Waals surface area contributed by atoms with E-state index in [-0.39, 0.29) is 12.1 Å². The first-order valence-corrected chi connectivity index (χ1v) is 3.45. The Kier molecular flexibility index (Phi) is 2.50. The molecule has 4 nitrogen and oxygen atoms in total. The van der Waals surface area contributed by atoms with Crippen LogP contribution >= 0.6 is 0 Å². The molecule has 1 aliphatic rings. The van der Waals surface area contributed by atoms with Gasteiger partial charge >= 0.3 is 6.03 Å². The molecular formula is C6H12N2O2. The summed E-state index contributed by atoms with van der Waals surface area (Å²) in [5.41, 5.74) is 0. The zero-order chi connectivity index (χ0) is 7.40. The Morgan fingerprint density at radius 2 is 2.60 bits per heavy atom. The molecule has 1 aliphatic heterocycles. The molecule has 1 rings (SSSR count). The standard InChI is InChI=1S/C6H12N2O2/c1-2-10-4-5-3-7-6(9)8-5/h5H,2-4H2,1H3,(H2,7,8,9). The largest absolute Gasteiger partial charge is 0.380 e. The quantitative estimate of drug-likeness (QED) is 0.571. The summed E-state index contributed by atoms with van der Waals surface area (Å²) in [6, 6.07) is 0.0668. The fraction of sp³-hybridized carbons (Fsp3) is 0.833. The Bertz CT molecular complexity index is 127. The SMILES string of the molecule is CCOCC1CNC(=O)N1. The molecule has 0 saturated carbocycles. The van der Waals surface area contributed by atoms with Crippen LogP contribution in [0.25, 0.3) is 0 Å². The summed E-state index contributed by atoms with van der Waals surface area (Å²) in [6.07, 6.45) is 0. The second-order valence-corrected chi connectivity index (χ2v) is 2.21. The van der Waals surface area contributed by atoms with Crippen LogP contribution in [0, 0.1) is 0 Å². The lowest BCUT2D eigenvalue weighted by Crippen LogP contribution is -2.30. The van der Waals surface area contributed by atoms with Crippen LogP contribution < -0.4 is 10.6 Å². The van der Waals surface area contributed by atoms with Crippen molar-refractivity contribution in [3.05, 3.63) is 0 Å². The van der Waals surface area contributed by atoms with E-state index in [0.717, 1.165) is 0 Å². The zero-order valence-electron chi connectivity index (χ0n) is 6.02. The summed E-state index contributed by atoms with van der Waals surface area (Å²) in [4.78, 5) is 10.5. The molecule has 4 heteroatoms. The molecule has 0 aromatic carbocycles. The van der Waals surface area contributed by atoms with Gasteiger partial charge in [0, 0.05) is 13.2 Å². The van der Waals surface area contributed by atoms with Gasteiger partial charge in [-0.25, -0.2) is 4.79 Å². The van der Waals surface area contributed by atoms with Crippen molar-refractivity contribution in [1.82, 2.24) is 10.6 Å². The third-order valence-electron chi connectivity index (χ3n) is 1.37. The van der Waals surface area contributed by atoms with Gasteiger partial charge in [0.15, 0.2) is 0 Å². The van der Waals surface area contributed by atoms with E-state index >= 15 is 0 Å². The van der Waals surface area contributed by atoms with Gasteiger partial charge < -0.3 is 15.4 Å². The summed E-state index contributed by atoms with van der Waals surface area (Å²) >= 11 is 0. The molecular weight excluding hydrogens is 132 g/mol. The molecule has 1 heterocycles. The fourth-order valence-corrected chi connectivity index (χ4v) is 0.864. The first-order valence-electron chi connectivity index (χ1n) is 3.45. The average Bonchev–Trinajstić information content (AvgIpc) is 2.31. The molecule has 0 aromatic rings. The highest BCUT2D eigenvalue weighted by Gasteiger charge is 2.18. The lowest BCUT2D eigenvalue weighted by Gasteiger charge is -2.06. The number of urea groups is 1. The van der Waals surface area contributed by atoms with E-state index in [9.17, 15) is 4.79 Å². The number of hydrogen-bond acceptors (Lipinski definition) is 2. The zero-order valence-corrected chi connectivity index (χ0v) is 6.02. The number of carbonyl (C=O) groups is 1. The van der Waals surface area contributed by atoms with Crippen LogP contribution in [0.5, 0.6) is 0 Å². The average molecular weight is 144 g/mol. The summed E-state index contributed by atoms with van der Waals surface area (Å²) in [7, 11) is 0. The minimum Gasteiger partial charge on any atom is -0.380 e. The Balaban J connectivity index is 2.12. The Labute approximate surface area is 59.9 Å². The van der Waals surface area contributed by atoms with E-state index in [0.29, 0.717) is 19.8 Å². The van der Waals surface area contributed by atoms with Crippen LogP contribution in [-0.2, 0) is 4.74 Å². The van der Waals surface area contributed by atoms with E-state index in [1.165, 1.54) is 0 Å². The number of ether oxygens (including phenoxy) is 1. The summed E-state index contributed by atoms with van der Waals surface area (Å²) < 4.78 is 5.11. The predicted octanol–water partition coefficient (Wildman–Crippen LogP) is -0.296. The summed E-state index contributed by atoms with van der Waals surface area (Å²) in [5, 5.41) is 5.36. The third kappa shape index (κ3) is 1.88. The minimum absolute atomic E-state index is 0.0929. The van der Waals surface area contributed by atoms with Gasteiger partial charge in [-0.2, -0.15) is 0 Å². The highest BCUT2D eigenvalue weighted by Crippen LogP contribution is 1.90. The molecule has 2 amide bonds. The predicted molar refractivity (Wildman–Crippen MR) is 36.8 cm³/mol. The van der Waals surface area contributed by atoms with Gasteiger partial charge in [0.05, 0.1) is 12.6 Å². The molecule has 0 radical (unpaired) electrons. The van der Waals surface area contributed by atoms with Crippen LogP contribution in [0.4, 0.5) is 4.79 Å². The van der Waals surface area contributed by atoms with Gasteiger partial charge in [0.25, 0.3) is 0 Å². The fourth-order valence-electron chi connectivity index (χ4n) is 0.864. The smallest absolute Gasteiger partial charge is 0.315 e. The van der Waals surface area contributed by atoms with Gasteiger partial charge in [-0.05, 0) is 6.92 Å². The van der Waals surface area contributed by atoms with Gasteiger partial charge in [-0.15, -0.1) is 0 Å². The molecule has 0 aromatic heterocycles. The van der Waals surface area contributed by atoms with E-state index < -0.39 is 0 Å². The topological polar surface area (TPSA) is 50.4 Å². The Morgan fingerprint density at radius 3 is 3.10 bits per heavy atom. The number of rotatable bonds is 3. The highest BCUT2D eigenvalue weighted by molar-refractivity contribution is 5.76. The van der Waals surface area contributed by atoms with Crippen molar-refractivity contribution in [3.8, 4) is 0 Å².